The minimum atomic E-state index is -0.230. The molecule has 0 aliphatic rings. The van der Waals surface area contributed by atoms with Gasteiger partial charge in [-0.3, -0.25) is 0 Å². The summed E-state index contributed by atoms with van der Waals surface area (Å²) in [5.41, 5.74) is 3.03. The van der Waals surface area contributed by atoms with E-state index in [1.54, 1.807) is 7.11 Å². The molecule has 0 aliphatic carbocycles. The minimum absolute atomic E-state index is 0.0906. The lowest BCUT2D eigenvalue weighted by atomic mass is 10.1. The van der Waals surface area contributed by atoms with Crippen molar-refractivity contribution in [3.8, 4) is 5.75 Å². The Hall–Kier alpha value is -2.73. The van der Waals surface area contributed by atoms with Crippen molar-refractivity contribution < 1.29 is 9.53 Å². The van der Waals surface area contributed by atoms with Crippen LogP contribution in [0.1, 0.15) is 11.6 Å². The molecule has 2 amide bonds. The van der Waals surface area contributed by atoms with Crippen LogP contribution in [0.4, 0.5) is 16.2 Å². The molecule has 0 heterocycles. The van der Waals surface area contributed by atoms with E-state index < -0.39 is 0 Å². The zero-order valence-electron chi connectivity index (χ0n) is 16.1. The normalized spacial score (nSPS) is 11.8. The maximum Gasteiger partial charge on any atom is 0.319 e. The largest absolute Gasteiger partial charge is 0.497 e. The van der Waals surface area contributed by atoms with E-state index in [4.69, 9.17) is 4.74 Å². The highest BCUT2D eigenvalue weighted by molar-refractivity contribution is 5.89. The van der Waals surface area contributed by atoms with E-state index in [9.17, 15) is 4.79 Å². The number of hydrogen-bond donors (Lipinski definition) is 2. The van der Waals surface area contributed by atoms with Crippen LogP contribution >= 0.6 is 0 Å². The number of nitrogens with one attached hydrogen (secondary N) is 2. The predicted molar refractivity (Wildman–Crippen MR) is 107 cm³/mol. The van der Waals surface area contributed by atoms with Crippen molar-refractivity contribution in [1.29, 1.82) is 0 Å². The van der Waals surface area contributed by atoms with Crippen molar-refractivity contribution in [3.63, 3.8) is 0 Å². The number of urea groups is 1. The molecule has 0 fully saturated rings. The average molecular weight is 356 g/mol. The highest BCUT2D eigenvalue weighted by Crippen LogP contribution is 2.21. The lowest BCUT2D eigenvalue weighted by Crippen LogP contribution is -2.36. The molecule has 0 aliphatic heterocycles. The first-order valence-electron chi connectivity index (χ1n) is 8.53. The Morgan fingerprint density at radius 3 is 2.12 bits per heavy atom. The second-order valence-electron chi connectivity index (χ2n) is 6.53. The highest BCUT2D eigenvalue weighted by atomic mass is 16.5. The van der Waals surface area contributed by atoms with Gasteiger partial charge in [0, 0.05) is 32.0 Å². The maximum atomic E-state index is 12.2. The second kappa shape index (κ2) is 9.10. The summed E-state index contributed by atoms with van der Waals surface area (Å²) in [7, 11) is 9.66. The Morgan fingerprint density at radius 1 is 1.00 bits per heavy atom. The fourth-order valence-corrected chi connectivity index (χ4v) is 2.63. The Balaban J connectivity index is 1.95. The molecule has 0 aromatic heterocycles. The van der Waals surface area contributed by atoms with Crippen molar-refractivity contribution in [2.45, 2.75) is 6.04 Å². The third kappa shape index (κ3) is 5.39. The van der Waals surface area contributed by atoms with Gasteiger partial charge in [-0.25, -0.2) is 4.79 Å². The van der Waals surface area contributed by atoms with Gasteiger partial charge in [-0.1, -0.05) is 12.1 Å². The van der Waals surface area contributed by atoms with E-state index in [0.717, 1.165) is 22.7 Å². The molecule has 0 saturated carbocycles. The first kappa shape index (κ1) is 19.6. The third-order valence-electron chi connectivity index (χ3n) is 4.22. The molecule has 2 aromatic rings. The van der Waals surface area contributed by atoms with E-state index in [1.165, 1.54) is 0 Å². The maximum absolute atomic E-state index is 12.2. The lowest BCUT2D eigenvalue weighted by molar-refractivity contribution is 0.243. The van der Waals surface area contributed by atoms with Crippen LogP contribution in [0.5, 0.6) is 5.75 Å². The average Bonchev–Trinajstić information content (AvgIpc) is 2.62. The van der Waals surface area contributed by atoms with Crippen LogP contribution in [0.2, 0.25) is 0 Å². The number of ether oxygens (including phenoxy) is 1. The number of likely N-dealkylation sites (N-methyl/N-ethyl adjacent to an activating group) is 1. The van der Waals surface area contributed by atoms with Crippen LogP contribution in [0.15, 0.2) is 48.5 Å². The lowest BCUT2D eigenvalue weighted by Gasteiger charge is -2.26. The molecule has 2 aromatic carbocycles. The molecule has 2 N–H and O–H groups in total. The number of hydrogen-bond acceptors (Lipinski definition) is 4. The summed E-state index contributed by atoms with van der Waals surface area (Å²) < 4.78 is 5.11. The third-order valence-corrected chi connectivity index (χ3v) is 4.22. The van der Waals surface area contributed by atoms with Gasteiger partial charge >= 0.3 is 6.03 Å². The topological polar surface area (TPSA) is 56.8 Å². The van der Waals surface area contributed by atoms with Gasteiger partial charge in [-0.2, -0.15) is 0 Å². The summed E-state index contributed by atoms with van der Waals surface area (Å²) in [5, 5.41) is 5.78. The van der Waals surface area contributed by atoms with Gasteiger partial charge in [0.15, 0.2) is 0 Å². The molecule has 0 spiro atoms. The Kier molecular flexibility index (Phi) is 6.86. The molecule has 6 nitrogen and oxygen atoms in total. The van der Waals surface area contributed by atoms with Crippen LogP contribution in [0, 0.1) is 0 Å². The fraction of sp³-hybridized carbons (Fsp3) is 0.350. The molecule has 26 heavy (non-hydrogen) atoms. The number of nitrogens with zero attached hydrogens (tertiary/aromatic N) is 2. The molecule has 1 atom stereocenters. The van der Waals surface area contributed by atoms with Gasteiger partial charge in [0.2, 0.25) is 0 Å². The van der Waals surface area contributed by atoms with Crippen LogP contribution in [-0.2, 0) is 0 Å². The van der Waals surface area contributed by atoms with Gasteiger partial charge in [0.25, 0.3) is 0 Å². The van der Waals surface area contributed by atoms with E-state index >= 15 is 0 Å². The number of anilines is 2. The zero-order valence-corrected chi connectivity index (χ0v) is 16.1. The first-order chi connectivity index (χ1) is 12.4. The standard InChI is InChI=1S/C20H28N4O2/c1-23(2)17-10-6-15(7-11-17)19(24(3)4)14-21-20(25)22-16-8-12-18(26-5)13-9-16/h6-13,19H,14H2,1-5H3,(H2,21,22,25). The molecule has 140 valence electrons. The van der Waals surface area contributed by atoms with Crippen molar-refractivity contribution >= 4 is 17.4 Å². The second-order valence-corrected chi connectivity index (χ2v) is 6.53. The number of benzene rings is 2. The van der Waals surface area contributed by atoms with Crippen molar-refractivity contribution in [1.82, 2.24) is 10.2 Å². The summed E-state index contributed by atoms with van der Waals surface area (Å²) in [6, 6.07) is 15.5. The van der Waals surface area contributed by atoms with Crippen molar-refractivity contribution in [2.75, 3.05) is 52.1 Å². The van der Waals surface area contributed by atoms with Gasteiger partial charge < -0.3 is 25.2 Å². The summed E-state index contributed by atoms with van der Waals surface area (Å²) in [6.07, 6.45) is 0. The predicted octanol–water partition coefficient (Wildman–Crippen LogP) is 3.19. The smallest absolute Gasteiger partial charge is 0.319 e. The van der Waals surface area contributed by atoms with Crippen LogP contribution < -0.4 is 20.3 Å². The first-order valence-corrected chi connectivity index (χ1v) is 8.53. The van der Waals surface area contributed by atoms with E-state index in [1.807, 2.05) is 52.5 Å². The van der Waals surface area contributed by atoms with E-state index in [-0.39, 0.29) is 12.1 Å². The monoisotopic (exact) mass is 356 g/mol. The van der Waals surface area contributed by atoms with Crippen molar-refractivity contribution in [3.05, 3.63) is 54.1 Å². The number of rotatable bonds is 7. The van der Waals surface area contributed by atoms with Crippen LogP contribution in [-0.4, -0.2) is 52.8 Å². The number of methoxy groups -OCH3 is 1. The summed E-state index contributed by atoms with van der Waals surface area (Å²) in [4.78, 5) is 16.4. The molecular weight excluding hydrogens is 328 g/mol. The Bertz CT molecular complexity index is 697. The van der Waals surface area contributed by atoms with Gasteiger partial charge in [0.1, 0.15) is 5.75 Å². The summed E-state index contributed by atoms with van der Waals surface area (Å²) >= 11 is 0. The number of carbonyl (C=O) groups is 1. The molecule has 6 heteroatoms. The summed E-state index contributed by atoms with van der Waals surface area (Å²) in [6.45, 7) is 0.510. The Morgan fingerprint density at radius 2 is 1.62 bits per heavy atom. The molecule has 0 radical (unpaired) electrons. The van der Waals surface area contributed by atoms with Crippen LogP contribution in [0.3, 0.4) is 0 Å². The van der Waals surface area contributed by atoms with E-state index in [0.29, 0.717) is 6.54 Å². The number of carbonyl (C=O) groups excluding carboxylic acids is 1. The van der Waals surface area contributed by atoms with Gasteiger partial charge in [-0.15, -0.1) is 0 Å². The molecule has 0 saturated heterocycles. The van der Waals surface area contributed by atoms with E-state index in [2.05, 4.69) is 44.7 Å². The fourth-order valence-electron chi connectivity index (χ4n) is 2.63. The quantitative estimate of drug-likeness (QED) is 0.800. The SMILES string of the molecule is COc1ccc(NC(=O)NCC(c2ccc(N(C)C)cc2)N(C)C)cc1. The summed E-state index contributed by atoms with van der Waals surface area (Å²) in [5.74, 6) is 0.754. The minimum Gasteiger partial charge on any atom is -0.497 e. The molecule has 1 unspecified atom stereocenters. The molecule has 0 bridgehead atoms. The zero-order chi connectivity index (χ0) is 19.1. The van der Waals surface area contributed by atoms with Crippen molar-refractivity contribution in [2.24, 2.45) is 0 Å². The van der Waals surface area contributed by atoms with Crippen LogP contribution in [0.25, 0.3) is 0 Å². The number of amides is 2. The highest BCUT2D eigenvalue weighted by Gasteiger charge is 2.15. The Labute approximate surface area is 155 Å². The molecular formula is C20H28N4O2. The molecule has 2 rings (SSSR count). The van der Waals surface area contributed by atoms with Gasteiger partial charge in [-0.05, 0) is 56.1 Å². The van der Waals surface area contributed by atoms with Gasteiger partial charge in [0.05, 0.1) is 13.2 Å².